The first kappa shape index (κ1) is 9.33. The average Bonchev–Trinajstić information content (AvgIpc) is 2.09. The molecule has 0 aromatic carbocycles. The van der Waals surface area contributed by atoms with E-state index < -0.39 is 0 Å². The summed E-state index contributed by atoms with van der Waals surface area (Å²) in [6.07, 6.45) is 7.91. The summed E-state index contributed by atoms with van der Waals surface area (Å²) in [6, 6.07) is 0. The highest BCUT2D eigenvalue weighted by atomic mass is 16.5. The predicted octanol–water partition coefficient (Wildman–Crippen LogP) is 2.01. The molecule has 1 aliphatic carbocycles. The smallest absolute Gasteiger partial charge is 0.119 e. The third kappa shape index (κ3) is 2.38. The first-order chi connectivity index (χ1) is 5.88. The van der Waals surface area contributed by atoms with Gasteiger partial charge < -0.3 is 9.84 Å². The van der Waals surface area contributed by atoms with Crippen LogP contribution in [0.3, 0.4) is 0 Å². The molecule has 68 valence electrons. The van der Waals surface area contributed by atoms with Gasteiger partial charge in [0, 0.05) is 6.61 Å². The van der Waals surface area contributed by atoms with Crippen molar-refractivity contribution in [3.05, 3.63) is 24.5 Å². The Morgan fingerprint density at radius 1 is 1.75 bits per heavy atom. The van der Waals surface area contributed by atoms with Crippen LogP contribution in [0.25, 0.3) is 0 Å². The summed E-state index contributed by atoms with van der Waals surface area (Å²) >= 11 is 0. The van der Waals surface area contributed by atoms with Gasteiger partial charge in [-0.05, 0) is 31.3 Å². The largest absolute Gasteiger partial charge is 0.494 e. The van der Waals surface area contributed by atoms with Crippen LogP contribution in [0.15, 0.2) is 24.5 Å². The van der Waals surface area contributed by atoms with Crippen molar-refractivity contribution < 1.29 is 9.84 Å². The molecule has 0 aromatic rings. The van der Waals surface area contributed by atoms with E-state index in [2.05, 4.69) is 12.7 Å². The van der Waals surface area contributed by atoms with Crippen LogP contribution >= 0.6 is 0 Å². The molecule has 1 rings (SSSR count). The number of aliphatic hydroxyl groups excluding tert-OH is 1. The van der Waals surface area contributed by atoms with Gasteiger partial charge in [-0.25, -0.2) is 0 Å². The maximum Gasteiger partial charge on any atom is 0.119 e. The molecule has 1 aliphatic rings. The number of hydrogen-bond donors (Lipinski definition) is 1. The monoisotopic (exact) mass is 168 g/mol. The van der Waals surface area contributed by atoms with E-state index in [1.807, 2.05) is 0 Å². The molecule has 0 heterocycles. The molecular weight excluding hydrogens is 152 g/mol. The van der Waals surface area contributed by atoms with Crippen LogP contribution < -0.4 is 0 Å². The van der Waals surface area contributed by atoms with Gasteiger partial charge in [-0.15, -0.1) is 0 Å². The molecule has 12 heavy (non-hydrogen) atoms. The van der Waals surface area contributed by atoms with Crippen LogP contribution in [0.4, 0.5) is 0 Å². The van der Waals surface area contributed by atoms with Crippen molar-refractivity contribution >= 4 is 0 Å². The van der Waals surface area contributed by atoms with Gasteiger partial charge in [-0.2, -0.15) is 0 Å². The van der Waals surface area contributed by atoms with E-state index in [4.69, 9.17) is 9.84 Å². The van der Waals surface area contributed by atoms with Gasteiger partial charge in [0.1, 0.15) is 6.10 Å². The van der Waals surface area contributed by atoms with Crippen molar-refractivity contribution in [2.75, 3.05) is 6.61 Å². The summed E-state index contributed by atoms with van der Waals surface area (Å²) in [7, 11) is 0. The molecule has 1 unspecified atom stereocenters. The lowest BCUT2D eigenvalue weighted by Gasteiger charge is -2.23. The quantitative estimate of drug-likeness (QED) is 0.514. The summed E-state index contributed by atoms with van der Waals surface area (Å²) < 4.78 is 5.33. The minimum atomic E-state index is 0.170. The lowest BCUT2D eigenvalue weighted by molar-refractivity contribution is 0.151. The molecule has 2 heteroatoms. The zero-order valence-electron chi connectivity index (χ0n) is 7.33. The molecular formula is C10H16O2. The number of aliphatic hydroxyl groups is 1. The molecule has 0 bridgehead atoms. The molecule has 1 N–H and O–H groups in total. The highest BCUT2D eigenvalue weighted by molar-refractivity contribution is 5.11. The maximum absolute atomic E-state index is 8.78. The van der Waals surface area contributed by atoms with Gasteiger partial charge in [0.15, 0.2) is 0 Å². The predicted molar refractivity (Wildman–Crippen MR) is 48.7 cm³/mol. The fourth-order valence-corrected chi connectivity index (χ4v) is 1.57. The third-order valence-corrected chi connectivity index (χ3v) is 2.15. The van der Waals surface area contributed by atoms with Gasteiger partial charge in [-0.3, -0.25) is 0 Å². The van der Waals surface area contributed by atoms with Crippen LogP contribution in [0.2, 0.25) is 0 Å². The van der Waals surface area contributed by atoms with Gasteiger partial charge in [-0.1, -0.05) is 12.7 Å². The molecule has 0 spiro atoms. The topological polar surface area (TPSA) is 29.5 Å². The van der Waals surface area contributed by atoms with Crippen molar-refractivity contribution in [3.8, 4) is 0 Å². The number of hydrogen-bond acceptors (Lipinski definition) is 2. The Morgan fingerprint density at radius 2 is 2.58 bits per heavy atom. The Kier molecular flexibility index (Phi) is 3.88. The first-order valence-electron chi connectivity index (χ1n) is 4.44. The summed E-state index contributed by atoms with van der Waals surface area (Å²) in [6.45, 7) is 3.75. The van der Waals surface area contributed by atoms with E-state index in [9.17, 15) is 0 Å². The van der Waals surface area contributed by atoms with E-state index >= 15 is 0 Å². The molecule has 2 nitrogen and oxygen atoms in total. The van der Waals surface area contributed by atoms with Crippen LogP contribution in [-0.2, 0) is 4.74 Å². The number of allylic oxidation sites excluding steroid dienone is 1. The van der Waals surface area contributed by atoms with Crippen LogP contribution in [-0.4, -0.2) is 17.8 Å². The minimum absolute atomic E-state index is 0.170. The molecule has 0 aliphatic heterocycles. The lowest BCUT2D eigenvalue weighted by Crippen LogP contribution is -2.17. The normalized spacial score (nSPS) is 23.1. The number of ether oxygens (including phenoxy) is 1. The summed E-state index contributed by atoms with van der Waals surface area (Å²) in [5.41, 5.74) is 1.23. The molecule has 0 fully saturated rings. The van der Waals surface area contributed by atoms with E-state index in [0.29, 0.717) is 0 Å². The Hall–Kier alpha value is -0.760. The van der Waals surface area contributed by atoms with Gasteiger partial charge in [0.2, 0.25) is 0 Å². The zero-order valence-corrected chi connectivity index (χ0v) is 7.33. The Morgan fingerprint density at radius 3 is 3.25 bits per heavy atom. The van der Waals surface area contributed by atoms with Gasteiger partial charge >= 0.3 is 0 Å². The molecule has 0 amide bonds. The van der Waals surface area contributed by atoms with E-state index in [0.717, 1.165) is 19.3 Å². The summed E-state index contributed by atoms with van der Waals surface area (Å²) in [5.74, 6) is 0. The molecule has 0 radical (unpaired) electrons. The van der Waals surface area contributed by atoms with Crippen molar-refractivity contribution in [2.45, 2.75) is 31.8 Å². The van der Waals surface area contributed by atoms with Crippen LogP contribution in [0.5, 0.6) is 0 Å². The first-order valence-corrected chi connectivity index (χ1v) is 4.44. The molecule has 0 saturated heterocycles. The second kappa shape index (κ2) is 4.99. The second-order valence-corrected chi connectivity index (χ2v) is 2.97. The Balaban J connectivity index is 2.51. The highest BCUT2D eigenvalue weighted by Gasteiger charge is 2.16. The summed E-state index contributed by atoms with van der Waals surface area (Å²) in [5, 5.41) is 8.78. The zero-order chi connectivity index (χ0) is 8.81. The fraction of sp³-hybridized carbons (Fsp3) is 0.600. The molecule has 0 aromatic heterocycles. The van der Waals surface area contributed by atoms with E-state index in [1.54, 1.807) is 0 Å². The highest BCUT2D eigenvalue weighted by Crippen LogP contribution is 2.23. The van der Waals surface area contributed by atoms with Gasteiger partial charge in [0.05, 0.1) is 6.26 Å². The lowest BCUT2D eigenvalue weighted by atomic mass is 9.94. The SMILES string of the molecule is C=COC1CCCC=C1CCO. The average molecular weight is 168 g/mol. The van der Waals surface area contributed by atoms with E-state index in [-0.39, 0.29) is 12.7 Å². The summed E-state index contributed by atoms with van der Waals surface area (Å²) in [4.78, 5) is 0. The van der Waals surface area contributed by atoms with E-state index in [1.165, 1.54) is 18.3 Å². The molecule has 0 saturated carbocycles. The van der Waals surface area contributed by atoms with Crippen molar-refractivity contribution in [3.63, 3.8) is 0 Å². The maximum atomic E-state index is 8.78. The van der Waals surface area contributed by atoms with Crippen molar-refractivity contribution in [2.24, 2.45) is 0 Å². The van der Waals surface area contributed by atoms with Gasteiger partial charge in [0.25, 0.3) is 0 Å². The van der Waals surface area contributed by atoms with Crippen molar-refractivity contribution in [1.29, 1.82) is 0 Å². The fourth-order valence-electron chi connectivity index (χ4n) is 1.57. The Labute approximate surface area is 73.5 Å². The standard InChI is InChI=1S/C10H16O2/c1-2-12-10-6-4-3-5-9(10)7-8-11/h2,5,10-11H,1,3-4,6-8H2. The molecule has 1 atom stereocenters. The third-order valence-electron chi connectivity index (χ3n) is 2.15. The van der Waals surface area contributed by atoms with Crippen molar-refractivity contribution in [1.82, 2.24) is 0 Å². The van der Waals surface area contributed by atoms with Crippen LogP contribution in [0, 0.1) is 0 Å². The Bertz CT molecular complexity index is 173. The number of rotatable bonds is 4. The van der Waals surface area contributed by atoms with Crippen LogP contribution in [0.1, 0.15) is 25.7 Å². The minimum Gasteiger partial charge on any atom is -0.494 e. The second-order valence-electron chi connectivity index (χ2n) is 2.97.